The topological polar surface area (TPSA) is 39.7 Å². The number of hydrogen-bond donors (Lipinski definition) is 2. The van der Waals surface area contributed by atoms with Crippen LogP contribution < -0.4 is 10.6 Å². The molecule has 0 heterocycles. The van der Waals surface area contributed by atoms with E-state index in [1.807, 2.05) is 0 Å². The summed E-state index contributed by atoms with van der Waals surface area (Å²) in [7, 11) is 5.95. The molecule has 0 saturated heterocycles. The first-order valence-corrected chi connectivity index (χ1v) is 6.71. The van der Waals surface area contributed by atoms with Gasteiger partial charge in [0.05, 0.1) is 0 Å². The van der Waals surface area contributed by atoms with Gasteiger partial charge in [-0.15, -0.1) is 0 Å². The van der Waals surface area contributed by atoms with Crippen molar-refractivity contribution < 1.29 is 0 Å². The first-order valence-electron chi connectivity index (χ1n) is 6.71. The van der Waals surface area contributed by atoms with Crippen molar-refractivity contribution in [2.24, 2.45) is 4.99 Å². The minimum Gasteiger partial charge on any atom is -0.354 e. The Balaban J connectivity index is 2.49. The Kier molecular flexibility index (Phi) is 6.36. The lowest BCUT2D eigenvalue weighted by molar-refractivity contribution is 0.402. The van der Waals surface area contributed by atoms with Crippen LogP contribution in [-0.4, -0.2) is 38.0 Å². The summed E-state index contributed by atoms with van der Waals surface area (Å²) in [4.78, 5) is 6.36. The van der Waals surface area contributed by atoms with E-state index in [0.717, 1.165) is 19.0 Å². The van der Waals surface area contributed by atoms with E-state index in [-0.39, 0.29) is 0 Å². The fourth-order valence-electron chi connectivity index (χ4n) is 1.78. The van der Waals surface area contributed by atoms with Gasteiger partial charge in [0, 0.05) is 26.2 Å². The molecule has 0 fully saturated rings. The second-order valence-electron chi connectivity index (χ2n) is 5.28. The molecule has 1 aromatic carbocycles. The van der Waals surface area contributed by atoms with Crippen molar-refractivity contribution in [3.05, 3.63) is 35.4 Å². The van der Waals surface area contributed by atoms with Gasteiger partial charge >= 0.3 is 0 Å². The smallest absolute Gasteiger partial charge is 0.191 e. The third-order valence-corrected chi connectivity index (χ3v) is 2.63. The molecule has 1 aromatic rings. The molecule has 0 aromatic heterocycles. The lowest BCUT2D eigenvalue weighted by Crippen LogP contribution is -2.40. The Bertz CT molecular complexity index is 393. The summed E-state index contributed by atoms with van der Waals surface area (Å²) in [5, 5.41) is 6.58. The Morgan fingerprint density at radius 2 is 1.74 bits per heavy atom. The first kappa shape index (κ1) is 15.5. The van der Waals surface area contributed by atoms with Crippen LogP contribution >= 0.6 is 0 Å². The highest BCUT2D eigenvalue weighted by Gasteiger charge is 2.00. The Labute approximate surface area is 116 Å². The van der Waals surface area contributed by atoms with Crippen molar-refractivity contribution in [3.63, 3.8) is 0 Å². The average molecular weight is 262 g/mol. The van der Waals surface area contributed by atoms with E-state index in [0.29, 0.717) is 6.04 Å². The standard InChI is InChI=1S/C15H26N4/c1-12(2)18-15(16-3)17-10-13-6-8-14(9-7-13)11-19(4)5/h6-9,12H,10-11H2,1-5H3,(H2,16,17,18). The summed E-state index contributed by atoms with van der Waals surface area (Å²) in [5.74, 6) is 0.840. The number of nitrogens with zero attached hydrogens (tertiary/aromatic N) is 2. The number of aliphatic imine (C=N–C) groups is 1. The molecular weight excluding hydrogens is 236 g/mol. The van der Waals surface area contributed by atoms with Crippen LogP contribution in [0, 0.1) is 0 Å². The van der Waals surface area contributed by atoms with Crippen molar-refractivity contribution in [2.75, 3.05) is 21.1 Å². The molecule has 0 amide bonds. The Morgan fingerprint density at radius 3 is 2.21 bits per heavy atom. The highest BCUT2D eigenvalue weighted by Crippen LogP contribution is 2.05. The minimum absolute atomic E-state index is 0.383. The van der Waals surface area contributed by atoms with Crippen LogP contribution in [0.2, 0.25) is 0 Å². The Morgan fingerprint density at radius 1 is 1.16 bits per heavy atom. The maximum absolute atomic E-state index is 4.19. The van der Waals surface area contributed by atoms with Crippen LogP contribution in [0.4, 0.5) is 0 Å². The average Bonchev–Trinajstić information content (AvgIpc) is 2.35. The van der Waals surface area contributed by atoms with Crippen LogP contribution in [0.15, 0.2) is 29.3 Å². The predicted octanol–water partition coefficient (Wildman–Crippen LogP) is 1.82. The van der Waals surface area contributed by atoms with Crippen molar-refractivity contribution >= 4 is 5.96 Å². The first-order chi connectivity index (χ1) is 9.01. The maximum atomic E-state index is 4.19. The zero-order valence-electron chi connectivity index (χ0n) is 12.7. The molecule has 0 radical (unpaired) electrons. The number of nitrogens with one attached hydrogen (secondary N) is 2. The second kappa shape index (κ2) is 7.79. The van der Waals surface area contributed by atoms with Gasteiger partial charge in [-0.05, 0) is 39.1 Å². The quantitative estimate of drug-likeness (QED) is 0.628. The van der Waals surface area contributed by atoms with Gasteiger partial charge in [0.2, 0.25) is 0 Å². The lowest BCUT2D eigenvalue weighted by atomic mass is 10.1. The van der Waals surface area contributed by atoms with E-state index in [1.165, 1.54) is 11.1 Å². The zero-order valence-corrected chi connectivity index (χ0v) is 12.7. The number of guanidine groups is 1. The second-order valence-corrected chi connectivity index (χ2v) is 5.28. The van der Waals surface area contributed by atoms with Crippen LogP contribution in [0.5, 0.6) is 0 Å². The highest BCUT2D eigenvalue weighted by molar-refractivity contribution is 5.79. The number of hydrogen-bond acceptors (Lipinski definition) is 2. The molecule has 0 aliphatic rings. The summed E-state index contributed by atoms with van der Waals surface area (Å²) >= 11 is 0. The summed E-state index contributed by atoms with van der Waals surface area (Å²) < 4.78 is 0. The summed E-state index contributed by atoms with van der Waals surface area (Å²) in [6.07, 6.45) is 0. The van der Waals surface area contributed by atoms with Gasteiger partial charge in [0.15, 0.2) is 5.96 Å². The minimum atomic E-state index is 0.383. The van der Waals surface area contributed by atoms with Gasteiger partial charge in [-0.2, -0.15) is 0 Å². The fourth-order valence-corrected chi connectivity index (χ4v) is 1.78. The number of rotatable bonds is 5. The molecule has 0 saturated carbocycles. The van der Waals surface area contributed by atoms with Crippen molar-refractivity contribution in [3.8, 4) is 0 Å². The van der Waals surface area contributed by atoms with E-state index in [1.54, 1.807) is 7.05 Å². The van der Waals surface area contributed by atoms with Gasteiger partial charge in [-0.3, -0.25) is 4.99 Å². The van der Waals surface area contributed by atoms with Crippen LogP contribution in [0.3, 0.4) is 0 Å². The molecule has 19 heavy (non-hydrogen) atoms. The summed E-state index contributed by atoms with van der Waals surface area (Å²) in [6.45, 7) is 5.96. The molecule has 0 bridgehead atoms. The van der Waals surface area contributed by atoms with Crippen molar-refractivity contribution in [1.82, 2.24) is 15.5 Å². The molecule has 0 atom stereocenters. The lowest BCUT2D eigenvalue weighted by Gasteiger charge is -2.15. The maximum Gasteiger partial charge on any atom is 0.191 e. The zero-order chi connectivity index (χ0) is 14.3. The Hall–Kier alpha value is -1.55. The van der Waals surface area contributed by atoms with Gasteiger partial charge in [0.1, 0.15) is 0 Å². The monoisotopic (exact) mass is 262 g/mol. The normalized spacial score (nSPS) is 12.1. The van der Waals surface area contributed by atoms with Gasteiger partial charge in [-0.1, -0.05) is 24.3 Å². The SMILES string of the molecule is CN=C(NCc1ccc(CN(C)C)cc1)NC(C)C. The molecule has 1 rings (SSSR count). The van der Waals surface area contributed by atoms with Crippen LogP contribution in [-0.2, 0) is 13.1 Å². The third-order valence-electron chi connectivity index (χ3n) is 2.63. The molecule has 4 heteroatoms. The van der Waals surface area contributed by atoms with Crippen LogP contribution in [0.25, 0.3) is 0 Å². The van der Waals surface area contributed by atoms with E-state index in [2.05, 4.69) is 72.7 Å². The predicted molar refractivity (Wildman–Crippen MR) is 82.3 cm³/mol. The molecular formula is C15H26N4. The summed E-state index contributed by atoms with van der Waals surface area (Å²) in [6, 6.07) is 9.06. The molecule has 106 valence electrons. The molecule has 2 N–H and O–H groups in total. The third kappa shape index (κ3) is 6.25. The summed E-state index contributed by atoms with van der Waals surface area (Å²) in [5.41, 5.74) is 2.59. The van der Waals surface area contributed by atoms with Gasteiger partial charge in [-0.25, -0.2) is 0 Å². The van der Waals surface area contributed by atoms with E-state index >= 15 is 0 Å². The largest absolute Gasteiger partial charge is 0.354 e. The molecule has 0 unspecified atom stereocenters. The van der Waals surface area contributed by atoms with Gasteiger partial charge < -0.3 is 15.5 Å². The van der Waals surface area contributed by atoms with E-state index < -0.39 is 0 Å². The van der Waals surface area contributed by atoms with Crippen molar-refractivity contribution in [1.29, 1.82) is 0 Å². The van der Waals surface area contributed by atoms with Crippen molar-refractivity contribution in [2.45, 2.75) is 33.0 Å². The molecule has 0 aliphatic carbocycles. The highest BCUT2D eigenvalue weighted by atomic mass is 15.2. The molecule has 4 nitrogen and oxygen atoms in total. The molecule has 0 spiro atoms. The van der Waals surface area contributed by atoms with E-state index in [4.69, 9.17) is 0 Å². The van der Waals surface area contributed by atoms with Crippen LogP contribution in [0.1, 0.15) is 25.0 Å². The number of benzene rings is 1. The van der Waals surface area contributed by atoms with Gasteiger partial charge in [0.25, 0.3) is 0 Å². The fraction of sp³-hybridized carbons (Fsp3) is 0.533. The molecule has 0 aliphatic heterocycles. The van der Waals surface area contributed by atoms with E-state index in [9.17, 15) is 0 Å².